The van der Waals surface area contributed by atoms with Gasteiger partial charge in [0.25, 0.3) is 0 Å². The van der Waals surface area contributed by atoms with Gasteiger partial charge in [0.1, 0.15) is 0 Å². The van der Waals surface area contributed by atoms with Gasteiger partial charge in [0.05, 0.1) is 0 Å². The van der Waals surface area contributed by atoms with E-state index in [9.17, 15) is 0 Å². The highest BCUT2D eigenvalue weighted by Gasteiger charge is 2.63. The first-order valence-electron chi connectivity index (χ1n) is 12.4. The minimum absolute atomic E-state index is 0.511. The summed E-state index contributed by atoms with van der Waals surface area (Å²) in [4.78, 5) is 0. The second kappa shape index (κ2) is 13.5. The molecule has 0 aromatic heterocycles. The van der Waals surface area contributed by atoms with Crippen molar-refractivity contribution in [1.82, 2.24) is 0 Å². The Morgan fingerprint density at radius 2 is 0.636 bits per heavy atom. The zero-order valence-corrected chi connectivity index (χ0v) is 30.1. The lowest BCUT2D eigenvalue weighted by atomic mass is 10.4. The fourth-order valence-electron chi connectivity index (χ4n) is 2.64. The molecule has 0 fully saturated rings. The lowest BCUT2D eigenvalue weighted by molar-refractivity contribution is 0.00974. The number of hydrogen-bond donors (Lipinski definition) is 0. The third-order valence-corrected chi connectivity index (χ3v) is 20.4. The molecular formula is C20H54O7Si6. The van der Waals surface area contributed by atoms with Crippen LogP contribution in [0, 0.1) is 0 Å². The van der Waals surface area contributed by atoms with Gasteiger partial charge in [0, 0.05) is 13.2 Å². The first-order valence-corrected chi connectivity index (χ1v) is 29.3. The molecular weight excluding hydrogens is 521 g/mol. The molecule has 0 aliphatic rings. The molecule has 200 valence electrons. The Kier molecular flexibility index (Phi) is 14.0. The Labute approximate surface area is 211 Å². The zero-order chi connectivity index (χ0) is 26.2. The average Bonchev–Trinajstić information content (AvgIpc) is 2.48. The van der Waals surface area contributed by atoms with Crippen LogP contribution in [0.25, 0.3) is 0 Å². The van der Waals surface area contributed by atoms with Crippen molar-refractivity contribution in [1.29, 1.82) is 0 Å². The summed E-state index contributed by atoms with van der Waals surface area (Å²) in [6.45, 7) is 30.9. The summed E-state index contributed by atoms with van der Waals surface area (Å²) in [5, 5.41) is 0. The van der Waals surface area contributed by atoms with Crippen LogP contribution >= 0.6 is 0 Å². The molecule has 33 heavy (non-hydrogen) atoms. The van der Waals surface area contributed by atoms with Crippen molar-refractivity contribution in [3.63, 3.8) is 0 Å². The maximum atomic E-state index is 6.91. The number of unbranched alkanes of at least 4 members (excludes halogenated alkanes) is 2. The molecule has 13 heteroatoms. The highest BCUT2D eigenvalue weighted by Crippen LogP contribution is 2.32. The molecule has 0 bridgehead atoms. The third-order valence-electron chi connectivity index (χ3n) is 3.53. The molecule has 0 radical (unpaired) electrons. The number of hydrogen-bond acceptors (Lipinski definition) is 7. The fraction of sp³-hybridized carbons (Fsp3) is 1.00. The quantitative estimate of drug-likeness (QED) is 0.130. The summed E-state index contributed by atoms with van der Waals surface area (Å²) >= 11 is 0. The normalized spacial score (nSPS) is 14.7. The monoisotopic (exact) mass is 574 g/mol. The van der Waals surface area contributed by atoms with Gasteiger partial charge in [-0.25, -0.2) is 0 Å². The molecule has 0 saturated carbocycles. The smallest absolute Gasteiger partial charge is 0.395 e. The van der Waals surface area contributed by atoms with Gasteiger partial charge in [-0.2, -0.15) is 0 Å². The molecule has 0 saturated heterocycles. The van der Waals surface area contributed by atoms with Crippen LogP contribution in [0.5, 0.6) is 0 Å². The van der Waals surface area contributed by atoms with Gasteiger partial charge in [0.15, 0.2) is 33.3 Å². The van der Waals surface area contributed by atoms with E-state index in [4.69, 9.17) is 29.4 Å². The summed E-state index contributed by atoms with van der Waals surface area (Å²) < 4.78 is 46.7. The molecule has 7 nitrogen and oxygen atoms in total. The molecule has 0 atom stereocenters. The van der Waals surface area contributed by atoms with E-state index in [1.807, 2.05) is 0 Å². The largest absolute Gasteiger partial charge is 0.652 e. The molecule has 0 aromatic carbocycles. The van der Waals surface area contributed by atoms with Crippen molar-refractivity contribution in [3.05, 3.63) is 0 Å². The topological polar surface area (TPSA) is 64.6 Å². The standard InChI is InChI=1S/C20H54O7Si6/c1-15-17-19-21-32(23-28(3,4)5,24-29(6,7)8)27-33(22-20-18-16-2,25-30(9,10)11)26-31(12,13)14/h15-20H2,1-14H3. The highest BCUT2D eigenvalue weighted by molar-refractivity contribution is 6.89. The van der Waals surface area contributed by atoms with E-state index in [1.54, 1.807) is 0 Å². The van der Waals surface area contributed by atoms with Gasteiger partial charge in [-0.05, 0) is 91.4 Å². The van der Waals surface area contributed by atoms with Gasteiger partial charge in [0.2, 0.25) is 0 Å². The minimum Gasteiger partial charge on any atom is -0.395 e. The van der Waals surface area contributed by atoms with Crippen molar-refractivity contribution in [2.75, 3.05) is 13.2 Å². The van der Waals surface area contributed by atoms with E-state index >= 15 is 0 Å². The van der Waals surface area contributed by atoms with E-state index in [0.29, 0.717) is 13.2 Å². The Bertz CT molecular complexity index is 473. The second-order valence-corrected chi connectivity index (χ2v) is 35.9. The van der Waals surface area contributed by atoms with Gasteiger partial charge in [-0.15, -0.1) is 0 Å². The lowest BCUT2D eigenvalue weighted by Gasteiger charge is -2.44. The Morgan fingerprint density at radius 1 is 0.394 bits per heavy atom. The molecule has 0 unspecified atom stereocenters. The van der Waals surface area contributed by atoms with Crippen molar-refractivity contribution in [3.8, 4) is 0 Å². The SMILES string of the molecule is CCCCO[Si](O[Si](C)(C)C)(O[Si](C)(C)C)O[Si](OCCCC)(O[Si](C)(C)C)O[Si](C)(C)C. The molecule has 0 rings (SSSR count). The van der Waals surface area contributed by atoms with E-state index in [2.05, 4.69) is 92.4 Å². The van der Waals surface area contributed by atoms with Crippen molar-refractivity contribution >= 4 is 51.4 Å². The molecule has 0 aliphatic carbocycles. The summed E-state index contributed by atoms with van der Waals surface area (Å²) in [6, 6.07) is 0. The predicted octanol–water partition coefficient (Wildman–Crippen LogP) is 6.91. The summed E-state index contributed by atoms with van der Waals surface area (Å²) in [5.41, 5.74) is 0. The van der Waals surface area contributed by atoms with Crippen LogP contribution in [0.1, 0.15) is 39.5 Å². The molecule has 0 N–H and O–H groups in total. The molecule has 0 aromatic rings. The highest BCUT2D eigenvalue weighted by atomic mass is 28.6. The van der Waals surface area contributed by atoms with Crippen molar-refractivity contribution in [2.24, 2.45) is 0 Å². The maximum absolute atomic E-state index is 6.91. The first kappa shape index (κ1) is 34.0. The molecule has 0 heterocycles. The summed E-state index contributed by atoms with van der Waals surface area (Å²) in [5.74, 6) is 0. The maximum Gasteiger partial charge on any atom is 0.652 e. The van der Waals surface area contributed by atoms with Crippen molar-refractivity contribution in [2.45, 2.75) is 118 Å². The predicted molar refractivity (Wildman–Crippen MR) is 152 cm³/mol. The van der Waals surface area contributed by atoms with Crippen LogP contribution in [-0.2, 0) is 29.4 Å². The van der Waals surface area contributed by atoms with E-state index in [0.717, 1.165) is 25.7 Å². The van der Waals surface area contributed by atoms with Crippen LogP contribution in [0.3, 0.4) is 0 Å². The van der Waals surface area contributed by atoms with Crippen LogP contribution in [0.15, 0.2) is 0 Å². The van der Waals surface area contributed by atoms with Gasteiger partial charge in [-0.1, -0.05) is 26.7 Å². The zero-order valence-electron chi connectivity index (χ0n) is 24.1. The van der Waals surface area contributed by atoms with Gasteiger partial charge < -0.3 is 29.4 Å². The lowest BCUT2D eigenvalue weighted by Crippen LogP contribution is -2.69. The average molecular weight is 575 g/mol. The van der Waals surface area contributed by atoms with Gasteiger partial charge in [-0.3, -0.25) is 0 Å². The van der Waals surface area contributed by atoms with E-state index < -0.39 is 51.4 Å². The van der Waals surface area contributed by atoms with E-state index in [-0.39, 0.29) is 0 Å². The summed E-state index contributed by atoms with van der Waals surface area (Å²) in [6.07, 6.45) is 3.82. The first-order chi connectivity index (χ1) is 14.7. The minimum atomic E-state index is -3.64. The van der Waals surface area contributed by atoms with Crippen molar-refractivity contribution < 1.29 is 29.4 Å². The Hall–Kier alpha value is 1.02. The molecule has 0 spiro atoms. The fourth-order valence-corrected chi connectivity index (χ4v) is 21.3. The van der Waals surface area contributed by atoms with Crippen LogP contribution in [0.2, 0.25) is 78.6 Å². The number of rotatable bonds is 18. The van der Waals surface area contributed by atoms with Crippen LogP contribution < -0.4 is 0 Å². The third kappa shape index (κ3) is 17.2. The van der Waals surface area contributed by atoms with Crippen LogP contribution in [0.4, 0.5) is 0 Å². The summed E-state index contributed by atoms with van der Waals surface area (Å²) in [7, 11) is -15.8. The Balaban J connectivity index is 6.65. The van der Waals surface area contributed by atoms with E-state index in [1.165, 1.54) is 0 Å². The van der Waals surface area contributed by atoms with Gasteiger partial charge >= 0.3 is 18.1 Å². The second-order valence-electron chi connectivity index (χ2n) is 12.4. The molecule has 0 amide bonds. The Morgan fingerprint density at radius 3 is 0.818 bits per heavy atom. The molecule has 0 aliphatic heterocycles. The van der Waals surface area contributed by atoms with Crippen LogP contribution in [-0.4, -0.2) is 64.6 Å².